The van der Waals surface area contributed by atoms with E-state index >= 15 is 0 Å². The third kappa shape index (κ3) is 22.6. The quantitative estimate of drug-likeness (QED) is 0.0322. The fourth-order valence-corrected chi connectivity index (χ4v) is 10.5. The maximum absolute atomic E-state index is 12.3. The average Bonchev–Trinajstić information content (AvgIpc) is 0.807. The summed E-state index contributed by atoms with van der Waals surface area (Å²) in [6, 6.07) is 52.2. The van der Waals surface area contributed by atoms with Gasteiger partial charge in [-0.05, 0) is 71.3 Å². The lowest BCUT2D eigenvalue weighted by molar-refractivity contribution is -0.385. The number of aliphatic carboxylic acids is 1. The normalized spacial score (nSPS) is 10.4. The molecule has 0 unspecified atom stereocenters. The molecule has 0 amide bonds. The number of nitro groups is 2. The van der Waals surface area contributed by atoms with E-state index in [1.807, 2.05) is 66.7 Å². The molecule has 0 bridgehead atoms. The second-order valence-electron chi connectivity index (χ2n) is 23.1. The average molecular weight is 1550 g/mol. The summed E-state index contributed by atoms with van der Waals surface area (Å²) in [7, 11) is 12.5. The Morgan fingerprint density at radius 1 is 0.429 bits per heavy atom. The number of hydrogen-bond donors (Lipinski definition) is 3. The smallest absolute Gasteiger partial charge is 0.307 e. The molecule has 8 aromatic heterocycles. The van der Waals surface area contributed by atoms with E-state index < -0.39 is 15.8 Å². The zero-order valence-electron chi connectivity index (χ0n) is 65.3. The Labute approximate surface area is 653 Å². The van der Waals surface area contributed by atoms with Crippen molar-refractivity contribution < 1.29 is 85.4 Å². The number of methoxy groups -OCH3 is 8. The van der Waals surface area contributed by atoms with Crippen LogP contribution in [0.15, 0.2) is 236 Å². The van der Waals surface area contributed by atoms with Crippen LogP contribution in [0.2, 0.25) is 5.15 Å². The van der Waals surface area contributed by atoms with Gasteiger partial charge in [0.1, 0.15) is 40.6 Å². The second kappa shape index (κ2) is 40.2. The molecule has 0 spiro atoms. The number of H-pyrrole nitrogens is 1. The first kappa shape index (κ1) is 78.3. The van der Waals surface area contributed by atoms with Crippen molar-refractivity contribution in [3.8, 4) is 80.9 Å². The second-order valence-corrected chi connectivity index (χ2v) is 23.5. The number of carboxylic acid groups (broad SMARTS) is 1. The zero-order chi connectivity index (χ0) is 84.1. The number of halogens is 1. The predicted octanol–water partition coefficient (Wildman–Crippen LogP) is 16.6. The maximum Gasteiger partial charge on any atom is 0.307 e. The first-order chi connectivity index (χ1) is 56.2. The minimum Gasteiger partial charge on any atom is -0.493 e. The first-order valence-corrected chi connectivity index (χ1v) is 33.8. The van der Waals surface area contributed by atoms with Crippen molar-refractivity contribution in [3.05, 3.63) is 284 Å². The van der Waals surface area contributed by atoms with Crippen molar-refractivity contribution in [2.75, 3.05) is 62.6 Å². The number of nitrogens with two attached hydrogens (primary N) is 1. The molecule has 14 rings (SSSR count). The van der Waals surface area contributed by atoms with Crippen LogP contribution in [-0.4, -0.2) is 123 Å². The number of nitrogen functional groups attached to an aromatic ring is 1. The van der Waals surface area contributed by atoms with Crippen LogP contribution in [0.1, 0.15) is 25.5 Å². The number of ketones is 1. The van der Waals surface area contributed by atoms with Gasteiger partial charge in [0.15, 0.2) is 51.4 Å². The van der Waals surface area contributed by atoms with Crippen LogP contribution in [0, 0.1) is 20.2 Å². The van der Waals surface area contributed by atoms with Crippen LogP contribution in [0.5, 0.6) is 80.9 Å². The van der Waals surface area contributed by atoms with Gasteiger partial charge in [-0.25, -0.2) is 19.9 Å². The molecule has 0 aliphatic rings. The van der Waals surface area contributed by atoms with E-state index in [-0.39, 0.29) is 42.9 Å². The number of aromatic amines is 1. The van der Waals surface area contributed by atoms with Crippen molar-refractivity contribution in [3.63, 3.8) is 0 Å². The van der Waals surface area contributed by atoms with Gasteiger partial charge in [0, 0.05) is 135 Å². The summed E-state index contributed by atoms with van der Waals surface area (Å²) in [5, 5.41) is 32.2. The summed E-state index contributed by atoms with van der Waals surface area (Å²) in [5.41, 5.74) is 11.6. The number of pyridine rings is 8. The standard InChI is InChI=1S/C25H22N2O4.C16H13N3O5.C16H15N3O3.C11H11NO3.C8H8O2.C5H3ClN2O2.4H2/c1-29-23-14-20-21(15-24(23)30-2)26-11-10-22(20)31-25-9-8-18(16-27-25)13-19(28)12-17-6-4-3-5-7-17;1-22-14-7-11-12(8-15(14)23-2)17-6-5-13(11)24-16-4-3-10(9-18-16)19(20)21;1-20-14-7-11-12(8-15(14)21-2)18-6-5-13(11)22-16-4-3-10(17)9-19-16;1-14-10-5-7-8(6-11(10)15-2)12-4-3-9(7)13;9-8(10)6-7-4-2-1-3-5-7;6-5-2-1-4(3-7-5)8(9)10;;;;/h3-11,14-16H,12-13H2,1-2H3;3-9H,1-2H3;3-9H,17H2,1-2H3;3-6H,1-2H3,(H,12,13);1-5H,6H2,(H,9,10);1-3H;4*1H/i;;;;;;2*1+1D;2*1+1. The van der Waals surface area contributed by atoms with Crippen LogP contribution in [0.4, 0.5) is 17.1 Å². The topological polar surface area (TPSA) is 391 Å². The molecule has 0 saturated carbocycles. The van der Waals surface area contributed by atoms with Crippen molar-refractivity contribution in [2.45, 2.75) is 19.3 Å². The number of hydrogen-bond acceptors (Lipinski definition) is 26. The molecule has 0 aliphatic carbocycles. The molecule has 0 radical (unpaired) electrons. The highest BCUT2D eigenvalue weighted by Crippen LogP contribution is 2.40. The van der Waals surface area contributed by atoms with Crippen LogP contribution in [0.3, 0.4) is 0 Å². The van der Waals surface area contributed by atoms with Gasteiger partial charge >= 0.3 is 5.97 Å². The minimum absolute atomic E-state index is 0. The molecule has 30 nitrogen and oxygen atoms in total. The summed E-state index contributed by atoms with van der Waals surface area (Å²) in [6.45, 7) is 0. The maximum atomic E-state index is 12.3. The van der Waals surface area contributed by atoms with E-state index in [0.29, 0.717) is 110 Å². The molecule has 0 saturated heterocycles. The van der Waals surface area contributed by atoms with E-state index in [9.17, 15) is 34.6 Å². The monoisotopic (exact) mass is 1550 g/mol. The number of nitrogens with one attached hydrogen (secondary N) is 1. The molecule has 0 atom stereocenters. The van der Waals surface area contributed by atoms with Gasteiger partial charge in [-0.3, -0.25) is 49.6 Å². The van der Waals surface area contributed by atoms with Crippen LogP contribution >= 0.6 is 11.6 Å². The number of carboxylic acids is 1. The fraction of sp³-hybridized carbons (Fsp3) is 0.136. The van der Waals surface area contributed by atoms with Crippen LogP contribution < -0.4 is 63.3 Å². The van der Waals surface area contributed by atoms with E-state index in [4.69, 9.17) is 80.5 Å². The first-order valence-electron chi connectivity index (χ1n) is 35.4. The third-order valence-electron chi connectivity index (χ3n) is 15.8. The van der Waals surface area contributed by atoms with Crippen LogP contribution in [0.25, 0.3) is 43.6 Å². The van der Waals surface area contributed by atoms with E-state index in [2.05, 4.69) is 39.9 Å². The lowest BCUT2D eigenvalue weighted by atomic mass is 10.0. The number of carbonyl (C=O) groups excluding carboxylic acids is 1. The van der Waals surface area contributed by atoms with Crippen molar-refractivity contribution in [1.29, 1.82) is 0 Å². The number of carbonyl (C=O) groups is 2. The number of benzene rings is 6. The van der Waals surface area contributed by atoms with E-state index in [1.54, 1.807) is 179 Å². The summed E-state index contributed by atoms with van der Waals surface area (Å²) in [4.78, 5) is 85.6. The van der Waals surface area contributed by atoms with Crippen LogP contribution in [-0.2, 0) is 28.9 Å². The van der Waals surface area contributed by atoms with Gasteiger partial charge in [0.05, 0.1) is 107 Å². The van der Waals surface area contributed by atoms with Gasteiger partial charge in [-0.1, -0.05) is 78.3 Å². The van der Waals surface area contributed by atoms with Gasteiger partial charge in [0.25, 0.3) is 11.4 Å². The Bertz CT molecular complexity index is 5620. The Morgan fingerprint density at radius 2 is 0.804 bits per heavy atom. The predicted molar refractivity (Wildman–Crippen MR) is 427 cm³/mol. The molecule has 6 aromatic carbocycles. The van der Waals surface area contributed by atoms with Gasteiger partial charge in [0.2, 0.25) is 17.6 Å². The lowest BCUT2D eigenvalue weighted by Crippen LogP contribution is -2.06. The summed E-state index contributed by atoms with van der Waals surface area (Å²) >= 11 is 5.38. The SMILES string of the molecule is COc1cc2[nH]ccc(=O)c2cc1OC.COc1cc2nccc(Oc3ccc(CC(=O)Cc4ccccc4)cn3)c2cc1OC.COc1cc2nccc(Oc3ccc(N)cn3)c2cc1OC.COc1cc2nccc(Oc3ccc([N+](=O)[O-])cn3)c2cc1OC.O=C(O)Cc1ccccc1.O=[N+]([O-])c1ccc(Cl)nc1.[2HH].[2HH].[2H][2H].[2H][2H]. The molecule has 580 valence electrons. The highest BCUT2D eigenvalue weighted by atomic mass is 35.5. The van der Waals surface area contributed by atoms with E-state index in [0.717, 1.165) is 56.4 Å². The summed E-state index contributed by atoms with van der Waals surface area (Å²) < 4.78 is 79.7. The molecule has 0 fully saturated rings. The fourth-order valence-electron chi connectivity index (χ4n) is 10.4. The largest absolute Gasteiger partial charge is 0.493 e. The van der Waals surface area contributed by atoms with Crippen molar-refractivity contribution in [2.24, 2.45) is 0 Å². The molecular formula is C81H80ClN11O19. The molecule has 14 aromatic rings. The number of Topliss-reactive ketones (excluding diaryl/α,β-unsaturated/α-hetero) is 1. The summed E-state index contributed by atoms with van der Waals surface area (Å²) in [6.07, 6.45) is 12.9. The summed E-state index contributed by atoms with van der Waals surface area (Å²) in [5.74, 6) is 6.89. The molecule has 8 heterocycles. The minimum atomic E-state index is -0.786. The highest BCUT2D eigenvalue weighted by molar-refractivity contribution is 6.29. The number of anilines is 1. The lowest BCUT2D eigenvalue weighted by Gasteiger charge is -2.12. The molecule has 31 heteroatoms. The van der Waals surface area contributed by atoms with Gasteiger partial charge < -0.3 is 67.9 Å². The Kier molecular flexibility index (Phi) is 28.1. The molecule has 112 heavy (non-hydrogen) atoms. The number of aromatic nitrogens is 8. The Balaban J connectivity index is 0.000000259. The van der Waals surface area contributed by atoms with E-state index in [1.165, 1.54) is 30.3 Å². The number of rotatable bonds is 22. The van der Waals surface area contributed by atoms with Crippen molar-refractivity contribution in [1.82, 2.24) is 39.9 Å². The third-order valence-corrected chi connectivity index (χ3v) is 16.0. The van der Waals surface area contributed by atoms with Gasteiger partial charge in [-0.15, -0.1) is 0 Å². The Morgan fingerprint density at radius 3 is 1.18 bits per heavy atom. The number of nitrogens with zero attached hydrogens (tertiary/aromatic N) is 9. The molecule has 0 aliphatic heterocycles. The zero-order valence-corrected chi connectivity index (χ0v) is 62.1. The highest BCUT2D eigenvalue weighted by Gasteiger charge is 2.17. The number of ether oxygens (including phenoxy) is 11. The number of fused-ring (bicyclic) bond motifs is 4. The Hall–Kier alpha value is -14.8. The van der Waals surface area contributed by atoms with Crippen molar-refractivity contribution >= 4 is 84.0 Å². The van der Waals surface area contributed by atoms with Gasteiger partial charge in [-0.2, -0.15) is 0 Å². The molecular weight excluding hydrogens is 1470 g/mol. The molecule has 4 N–H and O–H groups in total.